The molecule has 0 aromatic rings. The molecule has 20 heavy (non-hydrogen) atoms. The number of urea groups is 1. The van der Waals surface area contributed by atoms with E-state index < -0.39 is 12.0 Å². The van der Waals surface area contributed by atoms with Crippen molar-refractivity contribution in [3.63, 3.8) is 0 Å². The molecule has 116 valence electrons. The van der Waals surface area contributed by atoms with Crippen LogP contribution in [0, 0.1) is 17.8 Å². The van der Waals surface area contributed by atoms with Gasteiger partial charge in [0.1, 0.15) is 6.04 Å². The summed E-state index contributed by atoms with van der Waals surface area (Å²) in [7, 11) is 0. The van der Waals surface area contributed by atoms with Crippen LogP contribution in [0.3, 0.4) is 0 Å². The van der Waals surface area contributed by atoms with Gasteiger partial charge in [0, 0.05) is 6.54 Å². The molecule has 5 nitrogen and oxygen atoms in total. The van der Waals surface area contributed by atoms with Crippen LogP contribution < -0.4 is 10.6 Å². The zero-order chi connectivity index (χ0) is 15.1. The lowest BCUT2D eigenvalue weighted by Gasteiger charge is -2.28. The summed E-state index contributed by atoms with van der Waals surface area (Å²) in [5, 5.41) is 14.4. The lowest BCUT2D eigenvalue weighted by atomic mass is 9.81. The number of hydrogen-bond acceptors (Lipinski definition) is 2. The summed E-state index contributed by atoms with van der Waals surface area (Å²) < 4.78 is 0. The zero-order valence-electron chi connectivity index (χ0n) is 12.8. The molecule has 0 heterocycles. The van der Waals surface area contributed by atoms with Crippen molar-refractivity contribution in [1.82, 2.24) is 10.6 Å². The van der Waals surface area contributed by atoms with Crippen LogP contribution in [0.15, 0.2) is 0 Å². The van der Waals surface area contributed by atoms with Gasteiger partial charge in [-0.05, 0) is 30.6 Å². The van der Waals surface area contributed by atoms with Crippen molar-refractivity contribution in [1.29, 1.82) is 0 Å². The number of amides is 2. The Kier molecular flexibility index (Phi) is 6.82. The minimum atomic E-state index is -0.987. The molecule has 1 fully saturated rings. The SMILES string of the molecule is CCC1CCC(CNC(=O)N[C@H](C(=O)O)C(C)C)CC1. The predicted molar refractivity (Wildman–Crippen MR) is 78.5 cm³/mol. The third-order valence-corrected chi connectivity index (χ3v) is 4.31. The number of rotatable bonds is 6. The third-order valence-electron chi connectivity index (χ3n) is 4.31. The maximum atomic E-state index is 11.7. The lowest BCUT2D eigenvalue weighted by molar-refractivity contribution is -0.140. The Morgan fingerprint density at radius 3 is 2.15 bits per heavy atom. The molecule has 1 aliphatic rings. The first kappa shape index (κ1) is 16.8. The molecular weight excluding hydrogens is 256 g/mol. The summed E-state index contributed by atoms with van der Waals surface area (Å²) in [5.74, 6) is 0.264. The van der Waals surface area contributed by atoms with Crippen molar-refractivity contribution < 1.29 is 14.7 Å². The maximum absolute atomic E-state index is 11.7. The molecule has 0 radical (unpaired) electrons. The molecule has 3 N–H and O–H groups in total. The van der Waals surface area contributed by atoms with Crippen molar-refractivity contribution in [3.05, 3.63) is 0 Å². The quantitative estimate of drug-likeness (QED) is 0.701. The Balaban J connectivity index is 2.28. The second-order valence-corrected chi connectivity index (χ2v) is 6.21. The van der Waals surface area contributed by atoms with Gasteiger partial charge in [-0.1, -0.05) is 40.0 Å². The Bertz CT molecular complexity index is 323. The van der Waals surface area contributed by atoms with Crippen LogP contribution >= 0.6 is 0 Å². The van der Waals surface area contributed by atoms with Gasteiger partial charge in [-0.15, -0.1) is 0 Å². The largest absolute Gasteiger partial charge is 0.480 e. The molecule has 1 saturated carbocycles. The molecule has 0 spiro atoms. The second-order valence-electron chi connectivity index (χ2n) is 6.21. The number of carbonyl (C=O) groups is 2. The van der Waals surface area contributed by atoms with Gasteiger partial charge < -0.3 is 15.7 Å². The molecule has 0 unspecified atom stereocenters. The van der Waals surface area contributed by atoms with Gasteiger partial charge in [0.25, 0.3) is 0 Å². The van der Waals surface area contributed by atoms with Crippen molar-refractivity contribution in [2.75, 3.05) is 6.54 Å². The molecular formula is C15H28N2O3. The summed E-state index contributed by atoms with van der Waals surface area (Å²) in [4.78, 5) is 22.7. The number of carboxylic acids is 1. The number of hydrogen-bond donors (Lipinski definition) is 3. The molecule has 0 aliphatic heterocycles. The van der Waals surface area contributed by atoms with Crippen molar-refractivity contribution in [2.45, 2.75) is 58.9 Å². The van der Waals surface area contributed by atoms with E-state index in [0.29, 0.717) is 12.5 Å². The topological polar surface area (TPSA) is 78.4 Å². The lowest BCUT2D eigenvalue weighted by Crippen LogP contribution is -2.49. The van der Waals surface area contributed by atoms with Gasteiger partial charge in [-0.25, -0.2) is 9.59 Å². The highest BCUT2D eigenvalue weighted by Crippen LogP contribution is 2.29. The van der Waals surface area contributed by atoms with Gasteiger partial charge in [0.15, 0.2) is 0 Å². The monoisotopic (exact) mass is 284 g/mol. The van der Waals surface area contributed by atoms with E-state index >= 15 is 0 Å². The number of carboxylic acid groups (broad SMARTS) is 1. The molecule has 0 aromatic heterocycles. The van der Waals surface area contributed by atoms with Gasteiger partial charge in [-0.3, -0.25) is 0 Å². The summed E-state index contributed by atoms with van der Waals surface area (Å²) in [5.41, 5.74) is 0. The van der Waals surface area contributed by atoms with Crippen LogP contribution in [0.2, 0.25) is 0 Å². The zero-order valence-corrected chi connectivity index (χ0v) is 12.8. The molecule has 0 saturated heterocycles. The van der Waals surface area contributed by atoms with E-state index in [0.717, 1.165) is 18.8 Å². The first-order chi connectivity index (χ1) is 9.43. The first-order valence-electron chi connectivity index (χ1n) is 7.71. The van der Waals surface area contributed by atoms with Crippen LogP contribution in [-0.4, -0.2) is 29.7 Å². The smallest absolute Gasteiger partial charge is 0.326 e. The van der Waals surface area contributed by atoms with Gasteiger partial charge >= 0.3 is 12.0 Å². The van der Waals surface area contributed by atoms with E-state index in [4.69, 9.17) is 5.11 Å². The van der Waals surface area contributed by atoms with E-state index in [1.165, 1.54) is 19.3 Å². The fraction of sp³-hybridized carbons (Fsp3) is 0.867. The standard InChI is InChI=1S/C15H28N2O3/c1-4-11-5-7-12(8-6-11)9-16-15(20)17-13(10(2)3)14(18)19/h10-13H,4-9H2,1-3H3,(H,18,19)(H2,16,17,20)/t11?,12?,13-/m0/s1. The third kappa shape index (κ3) is 5.39. The Morgan fingerprint density at radius 2 is 1.70 bits per heavy atom. The summed E-state index contributed by atoms with van der Waals surface area (Å²) >= 11 is 0. The molecule has 5 heteroatoms. The summed E-state index contributed by atoms with van der Waals surface area (Å²) in [6.45, 7) is 6.44. The van der Waals surface area contributed by atoms with E-state index in [9.17, 15) is 9.59 Å². The Hall–Kier alpha value is -1.26. The van der Waals surface area contributed by atoms with Gasteiger partial charge in [-0.2, -0.15) is 0 Å². The fourth-order valence-corrected chi connectivity index (χ4v) is 2.79. The minimum absolute atomic E-state index is 0.127. The number of carbonyl (C=O) groups excluding carboxylic acids is 1. The van der Waals surface area contributed by atoms with Crippen LogP contribution in [-0.2, 0) is 4.79 Å². The molecule has 1 rings (SSSR count). The van der Waals surface area contributed by atoms with Crippen LogP contribution in [0.1, 0.15) is 52.9 Å². The Morgan fingerprint density at radius 1 is 1.15 bits per heavy atom. The average molecular weight is 284 g/mol. The molecule has 0 aromatic carbocycles. The van der Waals surface area contributed by atoms with Crippen LogP contribution in [0.25, 0.3) is 0 Å². The maximum Gasteiger partial charge on any atom is 0.326 e. The predicted octanol–water partition coefficient (Wildman–Crippen LogP) is 2.61. The highest BCUT2D eigenvalue weighted by atomic mass is 16.4. The minimum Gasteiger partial charge on any atom is -0.480 e. The normalized spacial score (nSPS) is 24.2. The average Bonchev–Trinajstić information content (AvgIpc) is 2.42. The molecule has 2 amide bonds. The number of nitrogens with one attached hydrogen (secondary N) is 2. The highest BCUT2D eigenvalue weighted by Gasteiger charge is 2.24. The fourth-order valence-electron chi connectivity index (χ4n) is 2.79. The van der Waals surface area contributed by atoms with Crippen LogP contribution in [0.4, 0.5) is 4.79 Å². The number of aliphatic carboxylic acids is 1. The van der Waals surface area contributed by atoms with Crippen molar-refractivity contribution in [3.8, 4) is 0 Å². The van der Waals surface area contributed by atoms with E-state index in [1.807, 2.05) is 0 Å². The van der Waals surface area contributed by atoms with Crippen molar-refractivity contribution in [2.24, 2.45) is 17.8 Å². The van der Waals surface area contributed by atoms with E-state index in [1.54, 1.807) is 13.8 Å². The van der Waals surface area contributed by atoms with E-state index in [-0.39, 0.29) is 11.9 Å². The first-order valence-corrected chi connectivity index (χ1v) is 7.71. The summed E-state index contributed by atoms with van der Waals surface area (Å²) in [6, 6.07) is -1.20. The van der Waals surface area contributed by atoms with Gasteiger partial charge in [0.05, 0.1) is 0 Å². The molecule has 0 bridgehead atoms. The van der Waals surface area contributed by atoms with Crippen molar-refractivity contribution >= 4 is 12.0 Å². The van der Waals surface area contributed by atoms with Gasteiger partial charge in [0.2, 0.25) is 0 Å². The van der Waals surface area contributed by atoms with E-state index in [2.05, 4.69) is 17.6 Å². The Labute approximate surface area is 121 Å². The second kappa shape index (κ2) is 8.12. The molecule has 1 aliphatic carbocycles. The summed E-state index contributed by atoms with van der Waals surface area (Å²) in [6.07, 6.45) is 6.05. The van der Waals surface area contributed by atoms with Crippen LogP contribution in [0.5, 0.6) is 0 Å². The highest BCUT2D eigenvalue weighted by molar-refractivity contribution is 5.82. The molecule has 1 atom stereocenters.